The Hall–Kier alpha value is -0.690. The maximum absolute atomic E-state index is 13.0. The summed E-state index contributed by atoms with van der Waals surface area (Å²) in [6.07, 6.45) is 2.05. The first-order chi connectivity index (χ1) is 8.58. The number of nitrogens with one attached hydrogen (secondary N) is 2. The average molecular weight is 362 g/mol. The molecule has 1 saturated heterocycles. The van der Waals surface area contributed by atoms with Crippen LogP contribution in [-0.2, 0) is 0 Å². The number of hydrogen-bond acceptors (Lipinski definition) is 2. The first kappa shape index (κ1) is 13.7. The second-order valence-electron chi connectivity index (χ2n) is 4.59. The smallest absolute Gasteiger partial charge is 0.252 e. The SMILES string of the molecule is CC1NCCCC1NC(=O)c1ccc(F)cc1I. The van der Waals surface area contributed by atoms with Crippen LogP contribution in [-0.4, -0.2) is 24.5 Å². The number of benzene rings is 1. The number of carbonyl (C=O) groups is 1. The lowest BCUT2D eigenvalue weighted by Crippen LogP contribution is -2.52. The van der Waals surface area contributed by atoms with Crippen LogP contribution in [0, 0.1) is 9.39 Å². The van der Waals surface area contributed by atoms with Crippen molar-refractivity contribution in [2.75, 3.05) is 6.54 Å². The van der Waals surface area contributed by atoms with Crippen molar-refractivity contribution < 1.29 is 9.18 Å². The molecule has 98 valence electrons. The van der Waals surface area contributed by atoms with E-state index in [2.05, 4.69) is 17.6 Å². The average Bonchev–Trinajstić information content (AvgIpc) is 2.32. The first-order valence-electron chi connectivity index (χ1n) is 6.07. The Morgan fingerprint density at radius 2 is 2.33 bits per heavy atom. The van der Waals surface area contributed by atoms with Crippen molar-refractivity contribution in [3.63, 3.8) is 0 Å². The van der Waals surface area contributed by atoms with Crippen LogP contribution in [0.1, 0.15) is 30.1 Å². The molecule has 3 nitrogen and oxygen atoms in total. The van der Waals surface area contributed by atoms with Crippen LogP contribution in [0.4, 0.5) is 4.39 Å². The molecule has 0 bridgehead atoms. The number of hydrogen-bond donors (Lipinski definition) is 2. The summed E-state index contributed by atoms with van der Waals surface area (Å²) in [5.41, 5.74) is 0.537. The highest BCUT2D eigenvalue weighted by Crippen LogP contribution is 2.15. The van der Waals surface area contributed by atoms with Gasteiger partial charge in [-0.05, 0) is 67.1 Å². The minimum absolute atomic E-state index is 0.125. The van der Waals surface area contributed by atoms with Crippen molar-refractivity contribution in [1.29, 1.82) is 0 Å². The lowest BCUT2D eigenvalue weighted by atomic mass is 9.99. The fourth-order valence-corrected chi connectivity index (χ4v) is 2.88. The van der Waals surface area contributed by atoms with Crippen LogP contribution in [0.25, 0.3) is 0 Å². The minimum atomic E-state index is -0.316. The fraction of sp³-hybridized carbons (Fsp3) is 0.462. The van der Waals surface area contributed by atoms with Gasteiger partial charge in [0.25, 0.3) is 5.91 Å². The van der Waals surface area contributed by atoms with E-state index in [-0.39, 0.29) is 23.8 Å². The van der Waals surface area contributed by atoms with Gasteiger partial charge in [-0.2, -0.15) is 0 Å². The van der Waals surface area contributed by atoms with Crippen molar-refractivity contribution in [3.05, 3.63) is 33.1 Å². The molecule has 2 N–H and O–H groups in total. The zero-order valence-electron chi connectivity index (χ0n) is 10.2. The summed E-state index contributed by atoms with van der Waals surface area (Å²) in [6.45, 7) is 3.07. The first-order valence-corrected chi connectivity index (χ1v) is 7.15. The Morgan fingerprint density at radius 1 is 1.56 bits per heavy atom. The standard InChI is InChI=1S/C13H16FIN2O/c1-8-12(3-2-6-16-8)17-13(18)10-5-4-9(14)7-11(10)15/h4-5,7-8,12,16H,2-3,6H2,1H3,(H,17,18). The van der Waals surface area contributed by atoms with Crippen molar-refractivity contribution >= 4 is 28.5 Å². The topological polar surface area (TPSA) is 41.1 Å². The van der Waals surface area contributed by atoms with E-state index in [1.807, 2.05) is 22.6 Å². The molecule has 0 aromatic heterocycles. The largest absolute Gasteiger partial charge is 0.348 e. The molecule has 0 spiro atoms. The Morgan fingerprint density at radius 3 is 3.00 bits per heavy atom. The van der Waals surface area contributed by atoms with E-state index in [0.29, 0.717) is 9.13 Å². The molecule has 0 radical (unpaired) electrons. The molecular weight excluding hydrogens is 346 g/mol. The summed E-state index contributed by atoms with van der Waals surface area (Å²) in [7, 11) is 0. The van der Waals surface area contributed by atoms with Crippen molar-refractivity contribution in [3.8, 4) is 0 Å². The van der Waals surface area contributed by atoms with E-state index in [0.717, 1.165) is 19.4 Å². The third-order valence-electron chi connectivity index (χ3n) is 3.25. The van der Waals surface area contributed by atoms with Crippen LogP contribution >= 0.6 is 22.6 Å². The normalized spacial score (nSPS) is 23.7. The van der Waals surface area contributed by atoms with Crippen LogP contribution in [0.3, 0.4) is 0 Å². The van der Waals surface area contributed by atoms with Crippen LogP contribution in [0.5, 0.6) is 0 Å². The monoisotopic (exact) mass is 362 g/mol. The predicted molar refractivity (Wildman–Crippen MR) is 77.1 cm³/mol. The van der Waals surface area contributed by atoms with E-state index in [4.69, 9.17) is 0 Å². The van der Waals surface area contributed by atoms with Gasteiger partial charge in [0.2, 0.25) is 0 Å². The van der Waals surface area contributed by atoms with E-state index in [9.17, 15) is 9.18 Å². The number of piperidine rings is 1. The van der Waals surface area contributed by atoms with Crippen LogP contribution in [0.15, 0.2) is 18.2 Å². The summed E-state index contributed by atoms with van der Waals surface area (Å²) >= 11 is 1.98. The Bertz CT molecular complexity index is 453. The highest BCUT2D eigenvalue weighted by Gasteiger charge is 2.23. The number of carbonyl (C=O) groups excluding carboxylic acids is 1. The number of amides is 1. The molecule has 1 amide bonds. The highest BCUT2D eigenvalue weighted by atomic mass is 127. The third-order valence-corrected chi connectivity index (χ3v) is 4.15. The predicted octanol–water partition coefficient (Wildman–Crippen LogP) is 2.30. The molecule has 0 aliphatic carbocycles. The van der Waals surface area contributed by atoms with Crippen LogP contribution < -0.4 is 10.6 Å². The summed E-state index contributed by atoms with van der Waals surface area (Å²) in [4.78, 5) is 12.1. The van der Waals surface area contributed by atoms with Gasteiger partial charge in [0, 0.05) is 15.7 Å². The van der Waals surface area contributed by atoms with E-state index in [1.165, 1.54) is 18.2 Å². The number of halogens is 2. The molecule has 5 heteroatoms. The third kappa shape index (κ3) is 3.20. The molecule has 1 heterocycles. The van der Waals surface area contributed by atoms with E-state index in [1.54, 1.807) is 0 Å². The Balaban J connectivity index is 2.07. The maximum atomic E-state index is 13.0. The van der Waals surface area contributed by atoms with Gasteiger partial charge in [0.05, 0.1) is 5.56 Å². The van der Waals surface area contributed by atoms with E-state index >= 15 is 0 Å². The molecule has 1 aromatic rings. The van der Waals surface area contributed by atoms with E-state index < -0.39 is 0 Å². The molecule has 1 fully saturated rings. The summed E-state index contributed by atoms with van der Waals surface area (Å²) in [5.74, 6) is -0.441. The molecule has 1 aliphatic heterocycles. The molecule has 2 rings (SSSR count). The second kappa shape index (κ2) is 5.97. The van der Waals surface area contributed by atoms with Gasteiger partial charge < -0.3 is 10.6 Å². The van der Waals surface area contributed by atoms with Crippen LogP contribution in [0.2, 0.25) is 0 Å². The highest BCUT2D eigenvalue weighted by molar-refractivity contribution is 14.1. The lowest BCUT2D eigenvalue weighted by molar-refractivity contribution is 0.0919. The summed E-state index contributed by atoms with van der Waals surface area (Å²) < 4.78 is 13.6. The van der Waals surface area contributed by atoms with Gasteiger partial charge in [0.1, 0.15) is 5.82 Å². The second-order valence-corrected chi connectivity index (χ2v) is 5.75. The zero-order chi connectivity index (χ0) is 13.1. The van der Waals surface area contributed by atoms with Gasteiger partial charge in [-0.3, -0.25) is 4.79 Å². The zero-order valence-corrected chi connectivity index (χ0v) is 12.3. The molecule has 2 atom stereocenters. The Kier molecular flexibility index (Phi) is 4.55. The molecule has 1 aromatic carbocycles. The molecule has 18 heavy (non-hydrogen) atoms. The lowest BCUT2D eigenvalue weighted by Gasteiger charge is -2.30. The van der Waals surface area contributed by atoms with Gasteiger partial charge in [-0.1, -0.05) is 0 Å². The van der Waals surface area contributed by atoms with Gasteiger partial charge in [-0.15, -0.1) is 0 Å². The van der Waals surface area contributed by atoms with Gasteiger partial charge in [0.15, 0.2) is 0 Å². The molecule has 0 saturated carbocycles. The van der Waals surface area contributed by atoms with Gasteiger partial charge in [-0.25, -0.2) is 4.39 Å². The Labute approximate surface area is 120 Å². The van der Waals surface area contributed by atoms with Crippen molar-refractivity contribution in [2.45, 2.75) is 31.8 Å². The molecule has 1 aliphatic rings. The maximum Gasteiger partial charge on any atom is 0.252 e. The van der Waals surface area contributed by atoms with Gasteiger partial charge >= 0.3 is 0 Å². The van der Waals surface area contributed by atoms with Crippen molar-refractivity contribution in [1.82, 2.24) is 10.6 Å². The fourth-order valence-electron chi connectivity index (χ4n) is 2.16. The summed E-state index contributed by atoms with van der Waals surface area (Å²) in [6, 6.07) is 4.65. The van der Waals surface area contributed by atoms with Crippen molar-refractivity contribution in [2.24, 2.45) is 0 Å². The molecular formula is C13H16FIN2O. The molecule has 2 unspecified atom stereocenters. The minimum Gasteiger partial charge on any atom is -0.348 e. The quantitative estimate of drug-likeness (QED) is 0.793. The summed E-state index contributed by atoms with van der Waals surface area (Å²) in [5, 5.41) is 6.35. The number of rotatable bonds is 2.